The van der Waals surface area contributed by atoms with Gasteiger partial charge in [-0.2, -0.15) is 0 Å². The number of benzene rings is 2. The molecule has 21 heavy (non-hydrogen) atoms. The Hall–Kier alpha value is -1.69. The Kier molecular flexibility index (Phi) is 4.77. The van der Waals surface area contributed by atoms with E-state index in [1.807, 2.05) is 32.0 Å². The highest BCUT2D eigenvalue weighted by Crippen LogP contribution is 2.19. The molecule has 2 aromatic rings. The minimum absolute atomic E-state index is 0.208. The first kappa shape index (κ1) is 15.7. The molecule has 0 saturated carbocycles. The number of hydrogen-bond acceptors (Lipinski definition) is 3. The summed E-state index contributed by atoms with van der Waals surface area (Å²) >= 11 is 0. The summed E-state index contributed by atoms with van der Waals surface area (Å²) in [5.74, 6) is 0. The zero-order chi connectivity index (χ0) is 15.5. The van der Waals surface area contributed by atoms with Crippen molar-refractivity contribution in [3.05, 3.63) is 65.2 Å². The van der Waals surface area contributed by atoms with Crippen LogP contribution in [0.3, 0.4) is 0 Å². The third kappa shape index (κ3) is 3.69. The smallest absolute Gasteiger partial charge is 0.241 e. The van der Waals surface area contributed by atoms with E-state index in [9.17, 15) is 13.5 Å². The van der Waals surface area contributed by atoms with E-state index < -0.39 is 16.1 Å². The molecule has 2 rings (SSSR count). The molecule has 0 aliphatic rings. The third-order valence-corrected chi connectivity index (χ3v) is 4.94. The van der Waals surface area contributed by atoms with Crippen molar-refractivity contribution < 1.29 is 13.5 Å². The van der Waals surface area contributed by atoms with Crippen molar-refractivity contribution in [3.8, 4) is 0 Å². The molecule has 0 saturated heterocycles. The van der Waals surface area contributed by atoms with Gasteiger partial charge in [0.2, 0.25) is 10.0 Å². The highest BCUT2D eigenvalue weighted by Gasteiger charge is 2.21. The molecule has 0 radical (unpaired) electrons. The average Bonchev–Trinajstić information content (AvgIpc) is 2.48. The largest absolute Gasteiger partial charge is 0.394 e. The Morgan fingerprint density at radius 1 is 1.05 bits per heavy atom. The van der Waals surface area contributed by atoms with Crippen molar-refractivity contribution in [2.24, 2.45) is 0 Å². The topological polar surface area (TPSA) is 66.4 Å². The molecule has 0 aromatic heterocycles. The molecular weight excluding hydrogens is 286 g/mol. The lowest BCUT2D eigenvalue weighted by Gasteiger charge is -2.17. The van der Waals surface area contributed by atoms with Crippen LogP contribution in [0.4, 0.5) is 0 Å². The Labute approximate surface area is 125 Å². The van der Waals surface area contributed by atoms with E-state index in [-0.39, 0.29) is 11.5 Å². The standard InChI is InChI=1S/C16H19NO3S/c1-12-8-9-15(10-13(12)2)21(19,20)17-16(11-18)14-6-4-3-5-7-14/h3-10,16-18H,11H2,1-2H3/t16-/m0/s1. The zero-order valence-electron chi connectivity index (χ0n) is 12.1. The Morgan fingerprint density at radius 3 is 2.29 bits per heavy atom. The maximum Gasteiger partial charge on any atom is 0.241 e. The summed E-state index contributed by atoms with van der Waals surface area (Å²) in [7, 11) is -3.67. The first-order valence-corrected chi connectivity index (χ1v) is 8.18. The minimum Gasteiger partial charge on any atom is -0.394 e. The van der Waals surface area contributed by atoms with Gasteiger partial charge < -0.3 is 5.11 Å². The van der Waals surface area contributed by atoms with Crippen molar-refractivity contribution in [1.29, 1.82) is 0 Å². The molecule has 4 nitrogen and oxygen atoms in total. The Balaban J connectivity index is 2.29. The number of rotatable bonds is 5. The first-order chi connectivity index (χ1) is 9.94. The molecule has 0 heterocycles. The second-order valence-electron chi connectivity index (χ2n) is 5.01. The molecule has 0 bridgehead atoms. The lowest BCUT2D eigenvalue weighted by Crippen LogP contribution is -2.30. The molecule has 0 fully saturated rings. The van der Waals surface area contributed by atoms with Crippen LogP contribution in [0.1, 0.15) is 22.7 Å². The molecular formula is C16H19NO3S. The molecule has 0 unspecified atom stereocenters. The van der Waals surface area contributed by atoms with Gasteiger partial charge in [-0.25, -0.2) is 13.1 Å². The molecule has 112 valence electrons. The lowest BCUT2D eigenvalue weighted by atomic mass is 10.1. The summed E-state index contributed by atoms with van der Waals surface area (Å²) in [4.78, 5) is 0.208. The van der Waals surface area contributed by atoms with Crippen molar-refractivity contribution in [2.75, 3.05) is 6.61 Å². The van der Waals surface area contributed by atoms with E-state index in [0.717, 1.165) is 16.7 Å². The number of aliphatic hydroxyl groups is 1. The van der Waals surface area contributed by atoms with Crippen LogP contribution in [0.5, 0.6) is 0 Å². The highest BCUT2D eigenvalue weighted by molar-refractivity contribution is 7.89. The fourth-order valence-electron chi connectivity index (χ4n) is 2.03. The average molecular weight is 305 g/mol. The summed E-state index contributed by atoms with van der Waals surface area (Å²) in [6.45, 7) is 3.50. The SMILES string of the molecule is Cc1ccc(S(=O)(=O)N[C@@H](CO)c2ccccc2)cc1C. The number of aliphatic hydroxyl groups excluding tert-OH is 1. The maximum atomic E-state index is 12.4. The van der Waals surface area contributed by atoms with Crippen LogP contribution in [-0.2, 0) is 10.0 Å². The molecule has 0 aliphatic heterocycles. The van der Waals surface area contributed by atoms with E-state index in [0.29, 0.717) is 0 Å². The second kappa shape index (κ2) is 6.39. The highest BCUT2D eigenvalue weighted by atomic mass is 32.2. The molecule has 2 aromatic carbocycles. The molecule has 5 heteroatoms. The third-order valence-electron chi connectivity index (χ3n) is 3.47. The van der Waals surface area contributed by atoms with Gasteiger partial charge in [0.25, 0.3) is 0 Å². The first-order valence-electron chi connectivity index (χ1n) is 6.69. The predicted octanol–water partition coefficient (Wildman–Crippen LogP) is 2.32. The monoisotopic (exact) mass is 305 g/mol. The van der Waals surface area contributed by atoms with E-state index in [1.165, 1.54) is 0 Å². The van der Waals surface area contributed by atoms with Crippen molar-refractivity contribution in [3.63, 3.8) is 0 Å². The molecule has 0 amide bonds. The summed E-state index contributed by atoms with van der Waals surface area (Å²) < 4.78 is 27.4. The normalized spacial score (nSPS) is 13.1. The fraction of sp³-hybridized carbons (Fsp3) is 0.250. The molecule has 0 spiro atoms. The van der Waals surface area contributed by atoms with Crippen molar-refractivity contribution in [2.45, 2.75) is 24.8 Å². The maximum absolute atomic E-state index is 12.4. The van der Waals surface area contributed by atoms with Crippen LogP contribution in [0.15, 0.2) is 53.4 Å². The molecule has 0 aliphatic carbocycles. The van der Waals surface area contributed by atoms with Gasteiger partial charge in [0.15, 0.2) is 0 Å². The minimum atomic E-state index is -3.67. The van der Waals surface area contributed by atoms with Crippen LogP contribution < -0.4 is 4.72 Å². The van der Waals surface area contributed by atoms with Crippen molar-refractivity contribution in [1.82, 2.24) is 4.72 Å². The predicted molar refractivity (Wildman–Crippen MR) is 82.5 cm³/mol. The van der Waals surface area contributed by atoms with E-state index in [1.54, 1.807) is 30.3 Å². The number of aryl methyl sites for hydroxylation is 2. The van der Waals surface area contributed by atoms with Crippen molar-refractivity contribution >= 4 is 10.0 Å². The summed E-state index contributed by atoms with van der Waals surface area (Å²) in [6.07, 6.45) is 0. The van der Waals surface area contributed by atoms with Gasteiger partial charge in [-0.05, 0) is 42.7 Å². The van der Waals surface area contributed by atoms with Crippen LogP contribution in [0, 0.1) is 13.8 Å². The van der Waals surface area contributed by atoms with Gasteiger partial charge in [-0.1, -0.05) is 36.4 Å². The Bertz CT molecular complexity index is 712. The number of hydrogen-bond donors (Lipinski definition) is 2. The molecule has 1 atom stereocenters. The second-order valence-corrected chi connectivity index (χ2v) is 6.73. The van der Waals surface area contributed by atoms with E-state index in [4.69, 9.17) is 0 Å². The van der Waals surface area contributed by atoms with E-state index >= 15 is 0 Å². The summed E-state index contributed by atoms with van der Waals surface area (Å²) in [5, 5.41) is 9.46. The molecule has 2 N–H and O–H groups in total. The van der Waals surface area contributed by atoms with Crippen LogP contribution in [0.2, 0.25) is 0 Å². The fourth-order valence-corrected chi connectivity index (χ4v) is 3.33. The van der Waals surface area contributed by atoms with Crippen LogP contribution in [-0.4, -0.2) is 20.1 Å². The van der Waals surface area contributed by atoms with Crippen LogP contribution in [0.25, 0.3) is 0 Å². The summed E-state index contributed by atoms with van der Waals surface area (Å²) in [5.41, 5.74) is 2.68. The van der Waals surface area contributed by atoms with Gasteiger partial charge in [0.05, 0.1) is 17.5 Å². The van der Waals surface area contributed by atoms with Gasteiger partial charge >= 0.3 is 0 Å². The quantitative estimate of drug-likeness (QED) is 0.891. The summed E-state index contributed by atoms with van der Waals surface area (Å²) in [6, 6.07) is 13.4. The Morgan fingerprint density at radius 2 is 1.71 bits per heavy atom. The van der Waals surface area contributed by atoms with E-state index in [2.05, 4.69) is 4.72 Å². The van der Waals surface area contributed by atoms with Gasteiger partial charge in [-0.3, -0.25) is 0 Å². The van der Waals surface area contributed by atoms with Crippen LogP contribution >= 0.6 is 0 Å². The van der Waals surface area contributed by atoms with Gasteiger partial charge in [0.1, 0.15) is 0 Å². The number of nitrogens with one attached hydrogen (secondary N) is 1. The lowest BCUT2D eigenvalue weighted by molar-refractivity contribution is 0.259. The van der Waals surface area contributed by atoms with Gasteiger partial charge in [0, 0.05) is 0 Å². The van der Waals surface area contributed by atoms with Gasteiger partial charge in [-0.15, -0.1) is 0 Å². The zero-order valence-corrected chi connectivity index (χ0v) is 12.9. The number of sulfonamides is 1.